The molecule has 0 aliphatic rings. The van der Waals surface area contributed by atoms with E-state index in [0.29, 0.717) is 44.7 Å². The van der Waals surface area contributed by atoms with Crippen molar-refractivity contribution in [1.82, 2.24) is 0 Å². The minimum Gasteiger partial charge on any atom is -0.394 e. The summed E-state index contributed by atoms with van der Waals surface area (Å²) in [6.07, 6.45) is 13.2. The molecule has 3 aromatic carbocycles. The number of aliphatic hydroxyl groups is 8. The van der Waals surface area contributed by atoms with Crippen molar-refractivity contribution in [3.63, 3.8) is 0 Å². The number of thiol groups is 12. The molecule has 0 radical (unpaired) electrons. The third kappa shape index (κ3) is 71.9. The van der Waals surface area contributed by atoms with Crippen molar-refractivity contribution in [2.75, 3.05) is 127 Å². The molecule has 0 bridgehead atoms. The van der Waals surface area contributed by atoms with Crippen molar-refractivity contribution in [2.45, 2.75) is 118 Å². The minimum absolute atomic E-state index is 0.0278. The lowest BCUT2D eigenvalue weighted by Crippen LogP contribution is -2.57. The first kappa shape index (κ1) is 98.4. The first-order valence-corrected chi connectivity index (χ1v) is 32.6. The van der Waals surface area contributed by atoms with Gasteiger partial charge in [0.25, 0.3) is 0 Å². The van der Waals surface area contributed by atoms with E-state index in [1.165, 1.54) is 69.8 Å². The highest BCUT2D eigenvalue weighted by Crippen LogP contribution is 2.45. The molecule has 84 heavy (non-hydrogen) atoms. The van der Waals surface area contributed by atoms with Gasteiger partial charge in [-0.2, -0.15) is 102 Å². The Morgan fingerprint density at radius 2 is 0.702 bits per heavy atom. The van der Waals surface area contributed by atoms with Crippen LogP contribution >= 0.6 is 163 Å². The number of aliphatic hydroxyl groups excluding tert-OH is 8. The maximum atomic E-state index is 12.2. The van der Waals surface area contributed by atoms with Crippen LogP contribution in [0.4, 0.5) is 26.3 Å². The molecule has 0 spiro atoms. The molecule has 3 rings (SSSR count). The predicted octanol–water partition coefficient (Wildman–Crippen LogP) is 12.0. The summed E-state index contributed by atoms with van der Waals surface area (Å²) < 4.78 is 86.8. The van der Waals surface area contributed by atoms with Crippen LogP contribution in [0, 0.1) is 18.8 Å². The zero-order chi connectivity index (χ0) is 65.9. The van der Waals surface area contributed by atoms with Crippen molar-refractivity contribution in [3.05, 3.63) is 71.2 Å². The van der Waals surface area contributed by atoms with Gasteiger partial charge in [0.1, 0.15) is 26.4 Å². The van der Waals surface area contributed by atoms with Gasteiger partial charge in [0, 0.05) is 29.4 Å². The average Bonchev–Trinajstić information content (AvgIpc) is 3.48. The fourth-order valence-electron chi connectivity index (χ4n) is 4.36. The third-order valence-corrected chi connectivity index (χ3v) is 13.3. The second-order valence-corrected chi connectivity index (χ2v) is 21.8. The van der Waals surface area contributed by atoms with Gasteiger partial charge in [-0.1, -0.05) is 68.0 Å². The first-order chi connectivity index (χ1) is 39.8. The summed E-state index contributed by atoms with van der Waals surface area (Å²) in [7, 11) is 0. The Hall–Kier alpha value is 0.850. The van der Waals surface area contributed by atoms with Gasteiger partial charge >= 0.3 is 17.8 Å². The number of unbranched alkanes of at least 4 members (excludes halogenated alkanes) is 8. The number of benzene rings is 3. The van der Waals surface area contributed by atoms with Gasteiger partial charge in [-0.05, 0) is 127 Å². The Kier molecular flexibility index (Phi) is 87.4. The van der Waals surface area contributed by atoms with Crippen LogP contribution in [0.2, 0.25) is 5.02 Å². The highest BCUT2D eigenvalue weighted by molar-refractivity contribution is 7.84. The van der Waals surface area contributed by atoms with Gasteiger partial charge in [0.2, 0.25) is 0 Å². The summed E-state index contributed by atoms with van der Waals surface area (Å²) in [6.45, 7) is -0.716. The number of hydrogen-bond donors (Lipinski definition) is 20. The minimum atomic E-state index is -5.77. The van der Waals surface area contributed by atoms with Crippen LogP contribution in [0.3, 0.4) is 0 Å². The second-order valence-electron chi connectivity index (χ2n) is 15.7. The van der Waals surface area contributed by atoms with Crippen molar-refractivity contribution < 1.29 is 81.4 Å². The molecule has 0 heterocycles. The number of hydrogen-bond acceptors (Lipinski definition) is 23. The standard InChI is InChI=1S/C8H18S2.C7H8S2.C6H5ClS2.C6H14O4.C6H6S2.C6H14S2.C5H6F6O2.C4H10O3.C4H6O2.C2H6S2/c9-7-5-3-1-2-4-6-8-10;1-5-2-3-6(8)7(9)4-5;7-5-2-1-4(8)3-6(5)9;7-1-3-9-5-6-10-4-2-8;7-5-1-2-6(8)4-3-5;7-5-3-1-2-4-6-8;6-3(7,1-12)5(10,11)4(8,9)2-13;5-1-3-7-4-2-6;5-3-1-2-4-6;3-1-2-4/h9-10H,1-8H2;2-4,8-9H,1H3;1-3,8-9H;7-8H,1-6H2;1-4,7-8H;7-8H,1-6H2;12-13H,1-2H2;5-6H,1-4H2;5-6H,3-4H2;3-4H,1-2H2. The molecule has 0 aliphatic carbocycles. The summed E-state index contributed by atoms with van der Waals surface area (Å²) in [6, 6.07) is 19.0. The maximum Gasteiger partial charge on any atom is 0.376 e. The van der Waals surface area contributed by atoms with Crippen LogP contribution in [0.15, 0.2) is 90.0 Å². The Morgan fingerprint density at radius 3 is 0.940 bits per heavy atom. The van der Waals surface area contributed by atoms with Crippen molar-refractivity contribution >= 4 is 163 Å². The Bertz CT molecular complexity index is 1740. The second kappa shape index (κ2) is 74.6. The van der Waals surface area contributed by atoms with Crippen LogP contribution < -0.4 is 0 Å². The molecule has 0 aliphatic heterocycles. The number of alkyl halides is 6. The molecular weight excluding hydrogens is 1360 g/mol. The summed E-state index contributed by atoms with van der Waals surface area (Å²) in [5.41, 5.74) is 1.22. The smallest absolute Gasteiger partial charge is 0.376 e. The monoisotopic (exact) mass is 1450 g/mol. The number of rotatable bonds is 28. The van der Waals surface area contributed by atoms with Crippen LogP contribution in [0.25, 0.3) is 0 Å². The van der Waals surface area contributed by atoms with Gasteiger partial charge in [-0.3, -0.25) is 0 Å². The highest BCUT2D eigenvalue weighted by Gasteiger charge is 2.70. The Morgan fingerprint density at radius 1 is 0.393 bits per heavy atom. The number of aryl methyl sites for hydroxylation is 1. The van der Waals surface area contributed by atoms with E-state index in [1.807, 2.05) is 55.5 Å². The van der Waals surface area contributed by atoms with Crippen molar-refractivity contribution in [3.8, 4) is 11.8 Å². The molecule has 0 saturated carbocycles. The maximum absolute atomic E-state index is 12.2. The molecule has 0 atom stereocenters. The van der Waals surface area contributed by atoms with Crippen LogP contribution in [-0.4, -0.2) is 186 Å². The normalized spacial score (nSPS) is 10.2. The summed E-state index contributed by atoms with van der Waals surface area (Å²) >= 11 is 54.6. The lowest BCUT2D eigenvalue weighted by molar-refractivity contribution is -0.323. The molecule has 0 amide bonds. The molecule has 8 N–H and O–H groups in total. The predicted molar refractivity (Wildman–Crippen MR) is 374 cm³/mol. The molecule has 0 aromatic heterocycles. The van der Waals surface area contributed by atoms with Crippen LogP contribution in [0.5, 0.6) is 0 Å². The molecule has 0 fully saturated rings. The van der Waals surface area contributed by atoms with Gasteiger partial charge in [-0.25, -0.2) is 0 Å². The van der Waals surface area contributed by atoms with E-state index in [4.69, 9.17) is 61.9 Å². The van der Waals surface area contributed by atoms with Gasteiger partial charge in [0.15, 0.2) is 0 Å². The first-order valence-electron chi connectivity index (χ1n) is 25.8. The van der Waals surface area contributed by atoms with E-state index in [0.717, 1.165) is 63.9 Å². The van der Waals surface area contributed by atoms with E-state index < -0.39 is 31.0 Å². The quantitative estimate of drug-likeness (QED) is 0.0143. The Balaban J connectivity index is -0.000000158. The molecule has 0 unspecified atom stereocenters. The zero-order valence-corrected chi connectivity index (χ0v) is 58.8. The van der Waals surface area contributed by atoms with Crippen LogP contribution in [0.1, 0.15) is 69.8 Å². The van der Waals surface area contributed by atoms with E-state index in [9.17, 15) is 26.3 Å². The summed E-state index contributed by atoms with van der Waals surface area (Å²) in [5, 5.41) is 64.7. The summed E-state index contributed by atoms with van der Waals surface area (Å²) in [4.78, 5) is 5.47. The highest BCUT2D eigenvalue weighted by atomic mass is 35.5. The van der Waals surface area contributed by atoms with Crippen molar-refractivity contribution in [1.29, 1.82) is 0 Å². The largest absolute Gasteiger partial charge is 0.394 e. The van der Waals surface area contributed by atoms with E-state index in [-0.39, 0.29) is 39.6 Å². The fraction of sp³-hybridized carbons (Fsp3) is 0.630. The van der Waals surface area contributed by atoms with E-state index in [2.05, 4.69) is 168 Å². The van der Waals surface area contributed by atoms with E-state index >= 15 is 0 Å². The number of ether oxygens (including phenoxy) is 3. The topological polar surface area (TPSA) is 190 Å². The molecule has 0 saturated heterocycles. The fourth-order valence-corrected chi connectivity index (χ4v) is 6.60. The van der Waals surface area contributed by atoms with Crippen LogP contribution in [-0.2, 0) is 14.2 Å². The Labute approximate surface area is 568 Å². The third-order valence-electron chi connectivity index (χ3n) is 8.56. The van der Waals surface area contributed by atoms with Gasteiger partial charge < -0.3 is 55.1 Å². The average molecular weight is 1450 g/mol. The van der Waals surface area contributed by atoms with E-state index in [1.54, 1.807) is 12.1 Å². The summed E-state index contributed by atoms with van der Waals surface area (Å²) in [5.74, 6) is -5.88. The SMILES string of the molecule is Cc1ccc(S)c(S)c1.OCC#CCO.OCC(F)(F)C(F)(F)C(F)(F)CO.OCCOCCO.OCCOCCOCCO.SCCCCCCCCS.SCCCCCCS.SCCS.Sc1ccc(Cl)c(S)c1.Sc1ccc(S)cc1. The lowest BCUT2D eigenvalue weighted by Gasteiger charge is -2.30. The number of halogens is 7. The zero-order valence-electron chi connectivity index (χ0n) is 47.3. The molecule has 30 heteroatoms. The molecule has 3 aromatic rings. The van der Waals surface area contributed by atoms with Gasteiger partial charge in [0.05, 0.1) is 71.1 Å². The lowest BCUT2D eigenvalue weighted by atomic mass is 10.1. The molecular formula is C54H93ClF6O11S12. The molecule has 11 nitrogen and oxygen atoms in total. The molecule has 496 valence electrons. The van der Waals surface area contributed by atoms with Crippen molar-refractivity contribution in [2.24, 2.45) is 0 Å². The van der Waals surface area contributed by atoms with Gasteiger partial charge in [-0.15, -0.1) is 75.8 Å².